The predicted octanol–water partition coefficient (Wildman–Crippen LogP) is 1.67. The number of hydrogen-bond acceptors (Lipinski definition) is 3. The van der Waals surface area contributed by atoms with Crippen LogP contribution in [0.25, 0.3) is 0 Å². The molecule has 1 aromatic rings. The van der Waals surface area contributed by atoms with Crippen LogP contribution in [0.1, 0.15) is 12.5 Å². The highest BCUT2D eigenvalue weighted by Gasteiger charge is 2.02. The van der Waals surface area contributed by atoms with Gasteiger partial charge in [0.1, 0.15) is 5.75 Å². The maximum absolute atomic E-state index is 11.4. The Morgan fingerprint density at radius 1 is 1.38 bits per heavy atom. The highest BCUT2D eigenvalue weighted by atomic mass is 32.1. The van der Waals surface area contributed by atoms with Crippen LogP contribution < -0.4 is 10.1 Å². The molecule has 0 unspecified atom stereocenters. The van der Waals surface area contributed by atoms with Crippen LogP contribution in [0.2, 0.25) is 0 Å². The van der Waals surface area contributed by atoms with E-state index in [4.69, 9.17) is 4.74 Å². The highest BCUT2D eigenvalue weighted by Crippen LogP contribution is 2.12. The van der Waals surface area contributed by atoms with Gasteiger partial charge in [-0.3, -0.25) is 4.79 Å². The van der Waals surface area contributed by atoms with Crippen LogP contribution in [0.3, 0.4) is 0 Å². The third-order valence-electron chi connectivity index (χ3n) is 2.03. The summed E-state index contributed by atoms with van der Waals surface area (Å²) in [6.45, 7) is 3.21. The van der Waals surface area contributed by atoms with Gasteiger partial charge in [-0.05, 0) is 24.6 Å². The number of rotatable bonds is 6. The van der Waals surface area contributed by atoms with Crippen molar-refractivity contribution in [1.29, 1.82) is 0 Å². The van der Waals surface area contributed by atoms with Crippen molar-refractivity contribution in [2.75, 3.05) is 18.9 Å². The Labute approximate surface area is 102 Å². The molecule has 0 spiro atoms. The molecular weight excluding hydrogens is 222 g/mol. The van der Waals surface area contributed by atoms with Gasteiger partial charge in [0.05, 0.1) is 13.0 Å². The molecule has 0 saturated heterocycles. The molecule has 0 radical (unpaired) electrons. The average Bonchev–Trinajstić information content (AvgIpc) is 2.29. The van der Waals surface area contributed by atoms with Crippen LogP contribution in [0.15, 0.2) is 24.3 Å². The number of carbonyl (C=O) groups excluding carboxylic acids is 1. The number of amides is 1. The molecule has 16 heavy (non-hydrogen) atoms. The van der Waals surface area contributed by atoms with Crippen molar-refractivity contribution in [1.82, 2.24) is 5.32 Å². The smallest absolute Gasteiger partial charge is 0.224 e. The molecule has 0 heterocycles. The number of nitrogens with one attached hydrogen (secondary N) is 1. The average molecular weight is 239 g/mol. The van der Waals surface area contributed by atoms with Crippen LogP contribution >= 0.6 is 12.6 Å². The molecule has 0 aromatic heterocycles. The van der Waals surface area contributed by atoms with E-state index in [1.807, 2.05) is 31.2 Å². The summed E-state index contributed by atoms with van der Waals surface area (Å²) >= 11 is 4.03. The molecule has 4 heteroatoms. The normalized spacial score (nSPS) is 9.88. The van der Waals surface area contributed by atoms with Gasteiger partial charge in [0.2, 0.25) is 5.91 Å². The van der Waals surface area contributed by atoms with Gasteiger partial charge in [-0.1, -0.05) is 12.1 Å². The summed E-state index contributed by atoms with van der Waals surface area (Å²) in [5.74, 6) is 1.52. The Balaban J connectivity index is 2.45. The lowest BCUT2D eigenvalue weighted by Gasteiger charge is -2.05. The first-order valence-electron chi connectivity index (χ1n) is 5.35. The largest absolute Gasteiger partial charge is 0.494 e. The number of thiol groups is 1. The van der Waals surface area contributed by atoms with Crippen molar-refractivity contribution in [2.24, 2.45) is 0 Å². The second-order valence-corrected chi connectivity index (χ2v) is 3.77. The van der Waals surface area contributed by atoms with E-state index in [0.717, 1.165) is 11.3 Å². The summed E-state index contributed by atoms with van der Waals surface area (Å²) in [7, 11) is 0. The van der Waals surface area contributed by atoms with Gasteiger partial charge < -0.3 is 10.1 Å². The Morgan fingerprint density at radius 3 is 2.62 bits per heavy atom. The molecule has 1 amide bonds. The lowest BCUT2D eigenvalue weighted by molar-refractivity contribution is -0.120. The number of hydrogen-bond donors (Lipinski definition) is 2. The van der Waals surface area contributed by atoms with Gasteiger partial charge >= 0.3 is 0 Å². The molecule has 1 rings (SSSR count). The Hall–Kier alpha value is -1.16. The van der Waals surface area contributed by atoms with Crippen molar-refractivity contribution in [3.8, 4) is 5.75 Å². The van der Waals surface area contributed by atoms with E-state index in [0.29, 0.717) is 25.3 Å². The first kappa shape index (κ1) is 12.9. The minimum atomic E-state index is 0.0261. The molecule has 0 bridgehead atoms. The monoisotopic (exact) mass is 239 g/mol. The van der Waals surface area contributed by atoms with E-state index in [-0.39, 0.29) is 5.91 Å². The third kappa shape index (κ3) is 4.57. The maximum atomic E-state index is 11.4. The fourth-order valence-corrected chi connectivity index (χ4v) is 1.43. The van der Waals surface area contributed by atoms with Crippen molar-refractivity contribution in [2.45, 2.75) is 13.3 Å². The molecule has 0 saturated carbocycles. The zero-order valence-corrected chi connectivity index (χ0v) is 10.3. The molecule has 0 aliphatic heterocycles. The molecule has 0 atom stereocenters. The van der Waals surface area contributed by atoms with E-state index in [9.17, 15) is 4.79 Å². The second kappa shape index (κ2) is 7.17. The number of benzene rings is 1. The van der Waals surface area contributed by atoms with E-state index >= 15 is 0 Å². The van der Waals surface area contributed by atoms with Crippen molar-refractivity contribution >= 4 is 18.5 Å². The second-order valence-electron chi connectivity index (χ2n) is 3.33. The van der Waals surface area contributed by atoms with Gasteiger partial charge in [0, 0.05) is 12.3 Å². The zero-order valence-electron chi connectivity index (χ0n) is 9.40. The molecule has 0 fully saturated rings. The standard InChI is InChI=1S/C12H17NO2S/c1-2-15-11-5-3-10(4-6-11)9-12(14)13-7-8-16/h3-6,16H,2,7-9H2,1H3,(H,13,14). The summed E-state index contributed by atoms with van der Waals surface area (Å²) in [4.78, 5) is 11.4. The van der Waals surface area contributed by atoms with Crippen LogP contribution in [0.5, 0.6) is 5.75 Å². The fourth-order valence-electron chi connectivity index (χ4n) is 1.31. The van der Waals surface area contributed by atoms with Gasteiger partial charge in [-0.2, -0.15) is 12.6 Å². The Kier molecular flexibility index (Phi) is 5.78. The molecule has 3 nitrogen and oxygen atoms in total. The van der Waals surface area contributed by atoms with Crippen LogP contribution in [-0.4, -0.2) is 24.8 Å². The lowest BCUT2D eigenvalue weighted by atomic mass is 10.1. The molecule has 1 N–H and O–H groups in total. The van der Waals surface area contributed by atoms with Crippen LogP contribution in [-0.2, 0) is 11.2 Å². The summed E-state index contributed by atoms with van der Waals surface area (Å²) in [6.07, 6.45) is 0.403. The Bertz CT molecular complexity index is 324. The van der Waals surface area contributed by atoms with Crippen molar-refractivity contribution in [3.63, 3.8) is 0 Å². The van der Waals surface area contributed by atoms with Gasteiger partial charge in [-0.25, -0.2) is 0 Å². The third-order valence-corrected chi connectivity index (χ3v) is 2.26. The van der Waals surface area contributed by atoms with E-state index in [1.165, 1.54) is 0 Å². The lowest BCUT2D eigenvalue weighted by Crippen LogP contribution is -2.26. The summed E-state index contributed by atoms with van der Waals surface area (Å²) < 4.78 is 5.32. The molecule has 1 aromatic carbocycles. The minimum Gasteiger partial charge on any atom is -0.494 e. The van der Waals surface area contributed by atoms with Crippen LogP contribution in [0, 0.1) is 0 Å². The first-order chi connectivity index (χ1) is 7.76. The number of carbonyl (C=O) groups is 1. The maximum Gasteiger partial charge on any atom is 0.224 e. The van der Waals surface area contributed by atoms with Gasteiger partial charge in [0.25, 0.3) is 0 Å². The number of ether oxygens (including phenoxy) is 1. The fraction of sp³-hybridized carbons (Fsp3) is 0.417. The minimum absolute atomic E-state index is 0.0261. The summed E-state index contributed by atoms with van der Waals surface area (Å²) in [6, 6.07) is 7.58. The summed E-state index contributed by atoms with van der Waals surface area (Å²) in [5, 5.41) is 2.77. The van der Waals surface area contributed by atoms with Crippen LogP contribution in [0.4, 0.5) is 0 Å². The summed E-state index contributed by atoms with van der Waals surface area (Å²) in [5.41, 5.74) is 0.986. The highest BCUT2D eigenvalue weighted by molar-refractivity contribution is 7.80. The quantitative estimate of drug-likeness (QED) is 0.741. The zero-order chi connectivity index (χ0) is 11.8. The van der Waals surface area contributed by atoms with E-state index < -0.39 is 0 Å². The SMILES string of the molecule is CCOc1ccc(CC(=O)NCCS)cc1. The van der Waals surface area contributed by atoms with Gasteiger partial charge in [-0.15, -0.1) is 0 Å². The molecular formula is C12H17NO2S. The van der Waals surface area contributed by atoms with Gasteiger partial charge in [0.15, 0.2) is 0 Å². The van der Waals surface area contributed by atoms with Crippen molar-refractivity contribution < 1.29 is 9.53 Å². The first-order valence-corrected chi connectivity index (χ1v) is 5.98. The predicted molar refractivity (Wildman–Crippen MR) is 68.2 cm³/mol. The van der Waals surface area contributed by atoms with E-state index in [1.54, 1.807) is 0 Å². The molecule has 88 valence electrons. The Morgan fingerprint density at radius 2 is 2.06 bits per heavy atom. The topological polar surface area (TPSA) is 38.3 Å². The molecule has 0 aliphatic rings. The van der Waals surface area contributed by atoms with Crippen molar-refractivity contribution in [3.05, 3.63) is 29.8 Å². The molecule has 0 aliphatic carbocycles. The van der Waals surface area contributed by atoms with E-state index in [2.05, 4.69) is 17.9 Å².